The second-order valence-corrected chi connectivity index (χ2v) is 7.10. The maximum absolute atomic E-state index is 12.5. The van der Waals surface area contributed by atoms with Crippen molar-refractivity contribution in [2.24, 2.45) is 0 Å². The number of rotatable bonds is 4. The fraction of sp³-hybridized carbons (Fsp3) is 0.632. The van der Waals surface area contributed by atoms with Gasteiger partial charge >= 0.3 is 5.97 Å². The fourth-order valence-electron chi connectivity index (χ4n) is 3.62. The molecule has 1 atom stereocenters. The van der Waals surface area contributed by atoms with E-state index in [4.69, 9.17) is 14.2 Å². The molecule has 1 aromatic carbocycles. The molecule has 0 bridgehead atoms. The monoisotopic (exact) mass is 318 g/mol. The summed E-state index contributed by atoms with van der Waals surface area (Å²) in [7, 11) is 1.64. The van der Waals surface area contributed by atoms with Crippen molar-refractivity contribution in [1.29, 1.82) is 0 Å². The van der Waals surface area contributed by atoms with Gasteiger partial charge in [0.1, 0.15) is 17.1 Å². The SMILES string of the molecule is CCOC(=O)C1CC(C)(C)Oc2c(C3CCC3)ccc(OC)c21. The van der Waals surface area contributed by atoms with Crippen LogP contribution >= 0.6 is 0 Å². The molecule has 0 radical (unpaired) electrons. The molecule has 1 fully saturated rings. The number of methoxy groups -OCH3 is 1. The molecular weight excluding hydrogens is 292 g/mol. The third-order valence-electron chi connectivity index (χ3n) is 4.95. The summed E-state index contributed by atoms with van der Waals surface area (Å²) in [5, 5.41) is 0. The van der Waals surface area contributed by atoms with Crippen molar-refractivity contribution < 1.29 is 19.0 Å². The summed E-state index contributed by atoms with van der Waals surface area (Å²) in [5.74, 6) is 1.59. The van der Waals surface area contributed by atoms with E-state index in [0.29, 0.717) is 18.9 Å². The molecular formula is C19H26O4. The van der Waals surface area contributed by atoms with Crippen LogP contribution in [0.1, 0.15) is 69.4 Å². The molecule has 0 spiro atoms. The summed E-state index contributed by atoms with van der Waals surface area (Å²) in [6.07, 6.45) is 4.23. The molecule has 126 valence electrons. The van der Waals surface area contributed by atoms with Gasteiger partial charge in [-0.25, -0.2) is 0 Å². The van der Waals surface area contributed by atoms with Crippen LogP contribution in [0.3, 0.4) is 0 Å². The smallest absolute Gasteiger partial charge is 0.313 e. The van der Waals surface area contributed by atoms with Crippen molar-refractivity contribution in [3.8, 4) is 11.5 Å². The molecule has 1 unspecified atom stereocenters. The molecule has 4 nitrogen and oxygen atoms in total. The molecule has 1 aliphatic heterocycles. The fourth-order valence-corrected chi connectivity index (χ4v) is 3.62. The summed E-state index contributed by atoms with van der Waals surface area (Å²) in [6, 6.07) is 4.07. The molecule has 23 heavy (non-hydrogen) atoms. The highest BCUT2D eigenvalue weighted by Crippen LogP contribution is 2.52. The first-order chi connectivity index (χ1) is 11.0. The third kappa shape index (κ3) is 2.91. The van der Waals surface area contributed by atoms with Gasteiger partial charge in [-0.2, -0.15) is 0 Å². The van der Waals surface area contributed by atoms with E-state index in [9.17, 15) is 4.79 Å². The number of carbonyl (C=O) groups is 1. The lowest BCUT2D eigenvalue weighted by molar-refractivity contribution is -0.147. The number of hydrogen-bond donors (Lipinski definition) is 0. The molecule has 0 N–H and O–H groups in total. The minimum Gasteiger partial charge on any atom is -0.496 e. The normalized spacial score (nSPS) is 22.5. The first kappa shape index (κ1) is 16.2. The molecule has 4 heteroatoms. The molecule has 1 heterocycles. The Morgan fingerprint density at radius 1 is 1.35 bits per heavy atom. The van der Waals surface area contributed by atoms with Crippen LogP contribution in [-0.4, -0.2) is 25.3 Å². The van der Waals surface area contributed by atoms with Crippen LogP contribution in [-0.2, 0) is 9.53 Å². The van der Waals surface area contributed by atoms with Crippen LogP contribution in [0.5, 0.6) is 11.5 Å². The zero-order valence-electron chi connectivity index (χ0n) is 14.5. The largest absolute Gasteiger partial charge is 0.496 e. The van der Waals surface area contributed by atoms with Crippen LogP contribution in [0.4, 0.5) is 0 Å². The quantitative estimate of drug-likeness (QED) is 0.782. The highest BCUT2D eigenvalue weighted by atomic mass is 16.5. The van der Waals surface area contributed by atoms with E-state index >= 15 is 0 Å². The topological polar surface area (TPSA) is 44.8 Å². The molecule has 1 aromatic rings. The Morgan fingerprint density at radius 3 is 2.65 bits per heavy atom. The van der Waals surface area contributed by atoms with E-state index in [0.717, 1.165) is 17.1 Å². The van der Waals surface area contributed by atoms with Crippen molar-refractivity contribution in [3.63, 3.8) is 0 Å². The van der Waals surface area contributed by atoms with Gasteiger partial charge in [0.15, 0.2) is 0 Å². The van der Waals surface area contributed by atoms with Crippen molar-refractivity contribution in [2.75, 3.05) is 13.7 Å². The van der Waals surface area contributed by atoms with Gasteiger partial charge < -0.3 is 14.2 Å². The van der Waals surface area contributed by atoms with E-state index in [1.165, 1.54) is 24.8 Å². The van der Waals surface area contributed by atoms with Crippen LogP contribution in [0.25, 0.3) is 0 Å². The molecule has 1 aliphatic carbocycles. The Morgan fingerprint density at radius 2 is 2.09 bits per heavy atom. The summed E-state index contributed by atoms with van der Waals surface area (Å²) in [6.45, 7) is 6.29. The Bertz CT molecular complexity index is 602. The van der Waals surface area contributed by atoms with E-state index in [1.807, 2.05) is 26.8 Å². The summed E-state index contributed by atoms with van der Waals surface area (Å²) in [4.78, 5) is 12.5. The highest BCUT2D eigenvalue weighted by molar-refractivity contribution is 5.81. The predicted molar refractivity (Wildman–Crippen MR) is 88.3 cm³/mol. The van der Waals surface area contributed by atoms with Crippen LogP contribution in [0.15, 0.2) is 12.1 Å². The number of esters is 1. The standard InChI is InChI=1S/C19H26O4/c1-5-22-18(20)14-11-19(2,3)23-17-13(12-7-6-8-12)9-10-15(21-4)16(14)17/h9-10,12,14H,5-8,11H2,1-4H3. The number of ether oxygens (including phenoxy) is 3. The third-order valence-corrected chi connectivity index (χ3v) is 4.95. The van der Waals surface area contributed by atoms with E-state index in [-0.39, 0.29) is 11.9 Å². The summed E-state index contributed by atoms with van der Waals surface area (Å²) < 4.78 is 17.2. The van der Waals surface area contributed by atoms with Crippen molar-refractivity contribution in [2.45, 2.75) is 63.9 Å². The molecule has 0 aromatic heterocycles. The molecule has 1 saturated carbocycles. The maximum Gasteiger partial charge on any atom is 0.313 e. The lowest BCUT2D eigenvalue weighted by Crippen LogP contribution is -2.38. The van der Waals surface area contributed by atoms with Gasteiger partial charge in [-0.05, 0) is 51.2 Å². The number of hydrogen-bond acceptors (Lipinski definition) is 4. The molecule has 0 amide bonds. The first-order valence-electron chi connectivity index (χ1n) is 8.53. The molecule has 3 rings (SSSR count). The zero-order chi connectivity index (χ0) is 16.6. The van der Waals surface area contributed by atoms with Crippen molar-refractivity contribution >= 4 is 5.97 Å². The van der Waals surface area contributed by atoms with Gasteiger partial charge in [-0.15, -0.1) is 0 Å². The minimum absolute atomic E-state index is 0.186. The van der Waals surface area contributed by atoms with Crippen LogP contribution in [0, 0.1) is 0 Å². The highest BCUT2D eigenvalue weighted by Gasteiger charge is 2.42. The number of fused-ring (bicyclic) bond motifs is 1. The second-order valence-electron chi connectivity index (χ2n) is 7.10. The average Bonchev–Trinajstić information content (AvgIpc) is 2.44. The minimum atomic E-state index is -0.394. The van der Waals surface area contributed by atoms with Crippen LogP contribution in [0.2, 0.25) is 0 Å². The summed E-state index contributed by atoms with van der Waals surface area (Å²) in [5.41, 5.74) is 1.69. The molecule has 0 saturated heterocycles. The van der Waals surface area contributed by atoms with Gasteiger partial charge in [0, 0.05) is 6.42 Å². The molecule has 2 aliphatic rings. The van der Waals surface area contributed by atoms with E-state index < -0.39 is 5.60 Å². The second kappa shape index (κ2) is 6.06. The maximum atomic E-state index is 12.5. The number of carbonyl (C=O) groups excluding carboxylic acids is 1. The van der Waals surface area contributed by atoms with Gasteiger partial charge in [0.2, 0.25) is 0 Å². The van der Waals surface area contributed by atoms with Crippen molar-refractivity contribution in [3.05, 3.63) is 23.3 Å². The van der Waals surface area contributed by atoms with Gasteiger partial charge in [0.25, 0.3) is 0 Å². The van der Waals surface area contributed by atoms with Gasteiger partial charge in [0.05, 0.1) is 25.2 Å². The van der Waals surface area contributed by atoms with Crippen molar-refractivity contribution in [1.82, 2.24) is 0 Å². The van der Waals surface area contributed by atoms with Crippen LogP contribution < -0.4 is 9.47 Å². The first-order valence-corrected chi connectivity index (χ1v) is 8.53. The number of benzene rings is 1. The zero-order valence-corrected chi connectivity index (χ0v) is 14.5. The Hall–Kier alpha value is -1.71. The lowest BCUT2D eigenvalue weighted by Gasteiger charge is -2.40. The average molecular weight is 318 g/mol. The predicted octanol–water partition coefficient (Wildman–Crippen LogP) is 4.17. The van der Waals surface area contributed by atoms with E-state index in [1.54, 1.807) is 7.11 Å². The Kier molecular flexibility index (Phi) is 4.26. The Labute approximate surface area is 138 Å². The lowest BCUT2D eigenvalue weighted by atomic mass is 9.76. The van der Waals surface area contributed by atoms with E-state index in [2.05, 4.69) is 6.07 Å². The Balaban J connectivity index is 2.12. The van der Waals surface area contributed by atoms with Gasteiger partial charge in [-0.3, -0.25) is 4.79 Å². The van der Waals surface area contributed by atoms with Gasteiger partial charge in [-0.1, -0.05) is 12.5 Å². The summed E-state index contributed by atoms with van der Waals surface area (Å²) >= 11 is 0.